The highest BCUT2D eigenvalue weighted by Gasteiger charge is 2.42. The van der Waals surface area contributed by atoms with E-state index < -0.39 is 11.7 Å². The first-order valence-electron chi connectivity index (χ1n) is 6.03. The lowest BCUT2D eigenvalue weighted by atomic mass is 9.90. The number of ether oxygens (including phenoxy) is 1. The van der Waals surface area contributed by atoms with E-state index in [1.54, 1.807) is 0 Å². The second-order valence-electron chi connectivity index (χ2n) is 5.26. The van der Waals surface area contributed by atoms with Crippen molar-refractivity contribution in [3.05, 3.63) is 42.0 Å². The molecule has 0 saturated heterocycles. The molecular weight excluding hydrogens is 292 g/mol. The summed E-state index contributed by atoms with van der Waals surface area (Å²) in [6, 6.07) is 12.1. The molecule has 0 aliphatic carbocycles. The molecule has 2 aromatic rings. The van der Waals surface area contributed by atoms with Crippen LogP contribution < -0.4 is 4.74 Å². The Kier molecular flexibility index (Phi) is 2.65. The zero-order valence-electron chi connectivity index (χ0n) is 10.4. The number of benzene rings is 2. The fraction of sp³-hybridized carbons (Fsp3) is 0.333. The molecule has 0 bridgehead atoms. The molecule has 2 atom stereocenters. The van der Waals surface area contributed by atoms with Crippen molar-refractivity contribution in [2.75, 3.05) is 0 Å². The molecule has 1 heterocycles. The van der Waals surface area contributed by atoms with Crippen molar-refractivity contribution in [2.45, 2.75) is 30.4 Å². The van der Waals surface area contributed by atoms with Crippen molar-refractivity contribution in [1.82, 2.24) is 0 Å². The summed E-state index contributed by atoms with van der Waals surface area (Å²) in [6.07, 6.45) is -0.548. The number of hydrogen-bond acceptors (Lipinski definition) is 2. The highest BCUT2D eigenvalue weighted by Crippen LogP contribution is 2.46. The molecule has 0 fully saturated rings. The van der Waals surface area contributed by atoms with E-state index in [2.05, 4.69) is 22.0 Å². The average molecular weight is 307 g/mol. The predicted octanol–water partition coefficient (Wildman–Crippen LogP) is 3.81. The van der Waals surface area contributed by atoms with E-state index in [1.807, 2.05) is 44.2 Å². The number of aliphatic hydroxyl groups excluding tert-OH is 1. The lowest BCUT2D eigenvalue weighted by Crippen LogP contribution is -2.45. The van der Waals surface area contributed by atoms with Crippen LogP contribution in [0, 0.1) is 0 Å². The molecule has 0 amide bonds. The Morgan fingerprint density at radius 3 is 2.67 bits per heavy atom. The summed E-state index contributed by atoms with van der Waals surface area (Å²) in [5.74, 6) is 0.807. The largest absolute Gasteiger partial charge is 0.486 e. The summed E-state index contributed by atoms with van der Waals surface area (Å²) in [6.45, 7) is 3.97. The minimum absolute atomic E-state index is 0.112. The van der Waals surface area contributed by atoms with Gasteiger partial charge in [-0.15, -0.1) is 0 Å². The van der Waals surface area contributed by atoms with Gasteiger partial charge in [-0.25, -0.2) is 0 Å². The normalized spacial score (nSPS) is 25.6. The van der Waals surface area contributed by atoms with Gasteiger partial charge in [-0.1, -0.05) is 52.3 Å². The maximum Gasteiger partial charge on any atom is 0.133 e. The van der Waals surface area contributed by atoms with E-state index in [0.717, 1.165) is 22.1 Å². The molecule has 0 radical (unpaired) electrons. The Balaban J connectivity index is 2.29. The van der Waals surface area contributed by atoms with Crippen molar-refractivity contribution in [1.29, 1.82) is 0 Å². The summed E-state index contributed by atoms with van der Waals surface area (Å²) >= 11 is 3.53. The molecule has 0 aromatic heterocycles. The molecule has 0 spiro atoms. The summed E-state index contributed by atoms with van der Waals surface area (Å²) in [5.41, 5.74) is 0.422. The van der Waals surface area contributed by atoms with Crippen LogP contribution in [0.3, 0.4) is 0 Å². The Hall–Kier alpha value is -1.06. The van der Waals surface area contributed by atoms with Gasteiger partial charge in [0.05, 0.1) is 10.9 Å². The van der Waals surface area contributed by atoms with Gasteiger partial charge >= 0.3 is 0 Å². The van der Waals surface area contributed by atoms with Crippen LogP contribution in [-0.4, -0.2) is 15.5 Å². The zero-order chi connectivity index (χ0) is 12.9. The second kappa shape index (κ2) is 3.97. The molecule has 3 heteroatoms. The van der Waals surface area contributed by atoms with Gasteiger partial charge in [-0.3, -0.25) is 0 Å². The van der Waals surface area contributed by atoms with Gasteiger partial charge in [0.25, 0.3) is 0 Å². The Labute approximate surface area is 115 Å². The number of fused-ring (bicyclic) bond motifs is 3. The molecule has 1 aliphatic rings. The zero-order valence-corrected chi connectivity index (χ0v) is 11.9. The van der Waals surface area contributed by atoms with Gasteiger partial charge in [-0.2, -0.15) is 0 Å². The first-order valence-corrected chi connectivity index (χ1v) is 6.95. The molecule has 18 heavy (non-hydrogen) atoms. The number of halogens is 1. The number of aliphatic hydroxyl groups is 1. The standard InChI is InChI=1S/C15H15BrO2/c1-15(2)14(16)12(17)11-8-7-9-5-3-4-6-10(9)13(11)18-15/h3-8,12,14,17H,1-2H3/t12-,14+/m0/s1. The van der Waals surface area contributed by atoms with Crippen molar-refractivity contribution in [3.63, 3.8) is 0 Å². The lowest BCUT2D eigenvalue weighted by molar-refractivity contribution is 0.0241. The summed E-state index contributed by atoms with van der Waals surface area (Å²) in [5, 5.41) is 12.6. The third-order valence-electron chi connectivity index (χ3n) is 3.54. The molecule has 1 N–H and O–H groups in total. The van der Waals surface area contributed by atoms with Crippen LogP contribution in [0.4, 0.5) is 0 Å². The molecule has 2 nitrogen and oxygen atoms in total. The molecule has 94 valence electrons. The molecule has 1 aliphatic heterocycles. The Morgan fingerprint density at radius 2 is 1.89 bits per heavy atom. The van der Waals surface area contributed by atoms with Gasteiger partial charge in [0, 0.05) is 10.9 Å². The van der Waals surface area contributed by atoms with Crippen LogP contribution in [0.1, 0.15) is 25.5 Å². The topological polar surface area (TPSA) is 29.5 Å². The van der Waals surface area contributed by atoms with E-state index in [-0.39, 0.29) is 4.83 Å². The maximum atomic E-state index is 10.4. The van der Waals surface area contributed by atoms with Crippen molar-refractivity contribution in [3.8, 4) is 5.75 Å². The van der Waals surface area contributed by atoms with Crippen LogP contribution in [0.15, 0.2) is 36.4 Å². The highest BCUT2D eigenvalue weighted by molar-refractivity contribution is 9.09. The van der Waals surface area contributed by atoms with Gasteiger partial charge in [-0.05, 0) is 19.2 Å². The lowest BCUT2D eigenvalue weighted by Gasteiger charge is -2.40. The number of rotatable bonds is 0. The number of alkyl halides is 1. The van der Waals surface area contributed by atoms with Crippen LogP contribution in [0.25, 0.3) is 10.8 Å². The fourth-order valence-electron chi connectivity index (χ4n) is 2.46. The minimum atomic E-state index is -0.548. The average Bonchev–Trinajstić information content (AvgIpc) is 2.36. The SMILES string of the molecule is CC1(C)Oc2c(ccc3ccccc23)[C@H](O)[C@H]1Br. The smallest absolute Gasteiger partial charge is 0.133 e. The van der Waals surface area contributed by atoms with E-state index in [1.165, 1.54) is 0 Å². The monoisotopic (exact) mass is 306 g/mol. The van der Waals surface area contributed by atoms with Crippen molar-refractivity contribution >= 4 is 26.7 Å². The molecular formula is C15H15BrO2. The number of hydrogen-bond donors (Lipinski definition) is 1. The van der Waals surface area contributed by atoms with Crippen molar-refractivity contribution < 1.29 is 9.84 Å². The van der Waals surface area contributed by atoms with E-state index in [0.29, 0.717) is 0 Å². The fourth-order valence-corrected chi connectivity index (χ4v) is 2.84. The Bertz CT molecular complexity index is 606. The van der Waals surface area contributed by atoms with E-state index in [4.69, 9.17) is 4.74 Å². The molecule has 0 unspecified atom stereocenters. The predicted molar refractivity (Wildman–Crippen MR) is 76.3 cm³/mol. The van der Waals surface area contributed by atoms with Crippen molar-refractivity contribution in [2.24, 2.45) is 0 Å². The second-order valence-corrected chi connectivity index (χ2v) is 6.24. The molecule has 0 saturated carbocycles. The van der Waals surface area contributed by atoms with Crippen LogP contribution in [-0.2, 0) is 0 Å². The first-order chi connectivity index (χ1) is 8.50. The minimum Gasteiger partial charge on any atom is -0.486 e. The summed E-state index contributed by atoms with van der Waals surface area (Å²) in [7, 11) is 0. The van der Waals surface area contributed by atoms with Crippen LogP contribution in [0.2, 0.25) is 0 Å². The first kappa shape index (κ1) is 12.0. The highest BCUT2D eigenvalue weighted by atomic mass is 79.9. The van der Waals surface area contributed by atoms with Gasteiger partial charge < -0.3 is 9.84 Å². The quantitative estimate of drug-likeness (QED) is 0.750. The summed E-state index contributed by atoms with van der Waals surface area (Å²) in [4.78, 5) is -0.112. The van der Waals surface area contributed by atoms with Crippen LogP contribution >= 0.6 is 15.9 Å². The van der Waals surface area contributed by atoms with E-state index >= 15 is 0 Å². The summed E-state index contributed by atoms with van der Waals surface area (Å²) < 4.78 is 6.11. The van der Waals surface area contributed by atoms with E-state index in [9.17, 15) is 5.11 Å². The molecule has 3 rings (SSSR count). The van der Waals surface area contributed by atoms with Gasteiger partial charge in [0.1, 0.15) is 11.4 Å². The van der Waals surface area contributed by atoms with Gasteiger partial charge in [0.2, 0.25) is 0 Å². The van der Waals surface area contributed by atoms with Crippen LogP contribution in [0.5, 0.6) is 5.75 Å². The molecule has 2 aromatic carbocycles. The third kappa shape index (κ3) is 1.65. The third-order valence-corrected chi connectivity index (χ3v) is 5.14. The van der Waals surface area contributed by atoms with Gasteiger partial charge in [0.15, 0.2) is 0 Å². The Morgan fingerprint density at radius 1 is 1.17 bits per heavy atom. The maximum absolute atomic E-state index is 10.4.